The Balaban J connectivity index is 1.68. The second-order valence-corrected chi connectivity index (χ2v) is 5.78. The first-order valence-electron chi connectivity index (χ1n) is 8.04. The average Bonchev–Trinajstić information content (AvgIpc) is 2.67. The van der Waals surface area contributed by atoms with Gasteiger partial charge in [-0.1, -0.05) is 30.0 Å². The molecule has 0 N–H and O–H groups in total. The van der Waals surface area contributed by atoms with Crippen LogP contribution in [0.25, 0.3) is 12.2 Å². The molecule has 0 aliphatic carbocycles. The van der Waals surface area contributed by atoms with Crippen molar-refractivity contribution in [3.8, 4) is 11.8 Å². The van der Waals surface area contributed by atoms with Crippen LogP contribution in [-0.2, 0) is 0 Å². The molecule has 0 unspecified atom stereocenters. The van der Waals surface area contributed by atoms with Crippen LogP contribution in [0.1, 0.15) is 22.4 Å². The molecule has 1 heterocycles. The van der Waals surface area contributed by atoms with E-state index in [1.165, 1.54) is 5.69 Å². The Hall–Kier alpha value is -3.38. The van der Waals surface area contributed by atoms with Gasteiger partial charge in [-0.2, -0.15) is 0 Å². The molecule has 0 spiro atoms. The van der Waals surface area contributed by atoms with E-state index < -0.39 is 0 Å². The Morgan fingerprint density at radius 1 is 0.800 bits per heavy atom. The smallest absolute Gasteiger partial charge is 0.0813 e. The lowest BCUT2D eigenvalue weighted by Crippen LogP contribution is -2.07. The van der Waals surface area contributed by atoms with Crippen molar-refractivity contribution in [1.29, 1.82) is 0 Å². The van der Waals surface area contributed by atoms with Crippen LogP contribution >= 0.6 is 0 Å². The minimum Gasteiger partial charge on any atom is -0.378 e. The van der Waals surface area contributed by atoms with Gasteiger partial charge in [-0.25, -0.2) is 0 Å². The highest BCUT2D eigenvalue weighted by atomic mass is 15.1. The van der Waals surface area contributed by atoms with Gasteiger partial charge in [0.25, 0.3) is 0 Å². The van der Waals surface area contributed by atoms with Crippen LogP contribution in [0.4, 0.5) is 5.69 Å². The maximum Gasteiger partial charge on any atom is 0.0813 e. The Labute approximate surface area is 148 Å². The zero-order valence-corrected chi connectivity index (χ0v) is 14.3. The lowest BCUT2D eigenvalue weighted by atomic mass is 10.1. The number of anilines is 1. The number of rotatable bonds is 3. The Kier molecular flexibility index (Phi) is 5.23. The van der Waals surface area contributed by atoms with Gasteiger partial charge in [-0.15, -0.1) is 0 Å². The fraction of sp³-hybridized carbons (Fsp3) is 0.0909. The van der Waals surface area contributed by atoms with Crippen molar-refractivity contribution >= 4 is 17.8 Å². The van der Waals surface area contributed by atoms with Crippen LogP contribution in [0.2, 0.25) is 0 Å². The Bertz CT molecular complexity index is 897. The van der Waals surface area contributed by atoms with Gasteiger partial charge < -0.3 is 4.90 Å². The van der Waals surface area contributed by atoms with Crippen LogP contribution in [0, 0.1) is 11.8 Å². The van der Waals surface area contributed by atoms with Crippen molar-refractivity contribution in [3.63, 3.8) is 0 Å². The molecule has 0 amide bonds. The van der Waals surface area contributed by atoms with Gasteiger partial charge in [0.2, 0.25) is 0 Å². The van der Waals surface area contributed by atoms with Gasteiger partial charge in [-0.3, -0.25) is 9.97 Å². The van der Waals surface area contributed by atoms with E-state index in [1.54, 1.807) is 18.6 Å². The molecule has 0 fully saturated rings. The van der Waals surface area contributed by atoms with Crippen LogP contribution in [0.5, 0.6) is 0 Å². The second kappa shape index (κ2) is 7.94. The zero-order chi connectivity index (χ0) is 17.5. The molecular formula is C22H19N3. The van der Waals surface area contributed by atoms with Gasteiger partial charge in [0.15, 0.2) is 0 Å². The summed E-state index contributed by atoms with van der Waals surface area (Å²) in [6.07, 6.45) is 9.04. The molecule has 0 atom stereocenters. The summed E-state index contributed by atoms with van der Waals surface area (Å²) in [5, 5.41) is 0. The number of benzene rings is 2. The molecule has 122 valence electrons. The highest BCUT2D eigenvalue weighted by Gasteiger charge is 1.94. The van der Waals surface area contributed by atoms with Crippen LogP contribution in [0.3, 0.4) is 0 Å². The third-order valence-electron chi connectivity index (χ3n) is 3.68. The minimum atomic E-state index is 0.840. The van der Waals surface area contributed by atoms with Gasteiger partial charge in [0, 0.05) is 43.3 Å². The maximum atomic E-state index is 4.22. The Morgan fingerprint density at radius 3 is 2.00 bits per heavy atom. The lowest BCUT2D eigenvalue weighted by Gasteiger charge is -2.11. The lowest BCUT2D eigenvalue weighted by molar-refractivity contribution is 1.13. The summed E-state index contributed by atoms with van der Waals surface area (Å²) >= 11 is 0. The number of hydrogen-bond acceptors (Lipinski definition) is 3. The zero-order valence-electron chi connectivity index (χ0n) is 14.3. The minimum absolute atomic E-state index is 0.840. The summed E-state index contributed by atoms with van der Waals surface area (Å²) in [5.74, 6) is 6.40. The normalized spacial score (nSPS) is 10.3. The highest BCUT2D eigenvalue weighted by Crippen LogP contribution is 2.12. The van der Waals surface area contributed by atoms with E-state index in [0.717, 1.165) is 22.4 Å². The molecular weight excluding hydrogens is 306 g/mol. The van der Waals surface area contributed by atoms with E-state index in [0.29, 0.717) is 0 Å². The predicted octanol–water partition coefficient (Wildman–Crippen LogP) is 4.11. The summed E-state index contributed by atoms with van der Waals surface area (Å²) in [4.78, 5) is 10.3. The highest BCUT2D eigenvalue weighted by molar-refractivity contribution is 5.68. The van der Waals surface area contributed by atoms with Crippen molar-refractivity contribution in [2.45, 2.75) is 0 Å². The van der Waals surface area contributed by atoms with Gasteiger partial charge in [0.1, 0.15) is 0 Å². The predicted molar refractivity (Wildman–Crippen MR) is 104 cm³/mol. The van der Waals surface area contributed by atoms with Crippen LogP contribution < -0.4 is 4.90 Å². The SMILES string of the molecule is CN(C)c1ccc(C#Cc2ccc(/C=C/c3cnccn3)cc2)cc1. The first-order chi connectivity index (χ1) is 12.2. The largest absolute Gasteiger partial charge is 0.378 e. The molecule has 25 heavy (non-hydrogen) atoms. The summed E-state index contributed by atoms with van der Waals surface area (Å²) in [5.41, 5.74) is 5.12. The monoisotopic (exact) mass is 325 g/mol. The van der Waals surface area contributed by atoms with Crippen LogP contribution in [0.15, 0.2) is 67.1 Å². The molecule has 3 nitrogen and oxygen atoms in total. The van der Waals surface area contributed by atoms with Gasteiger partial charge >= 0.3 is 0 Å². The van der Waals surface area contributed by atoms with E-state index in [1.807, 2.05) is 62.6 Å². The molecule has 0 saturated heterocycles. The Morgan fingerprint density at radius 2 is 1.44 bits per heavy atom. The number of nitrogens with zero attached hydrogens (tertiary/aromatic N) is 3. The van der Waals surface area contributed by atoms with Gasteiger partial charge in [0.05, 0.1) is 11.9 Å². The molecule has 1 aromatic heterocycles. The third kappa shape index (κ3) is 4.79. The molecule has 3 rings (SSSR count). The molecule has 0 saturated carbocycles. The van der Waals surface area contributed by atoms with E-state index in [2.05, 4.69) is 38.8 Å². The average molecular weight is 325 g/mol. The standard InChI is InChI=1S/C22H19N3/c1-25(2)22-13-10-20(11-14-22)8-5-18-3-6-19(7-4-18)9-12-21-17-23-15-16-24-21/h3-4,6-7,9-17H,1-2H3/b12-9+. The quantitative estimate of drug-likeness (QED) is 0.679. The molecule has 0 bridgehead atoms. The van der Waals surface area contributed by atoms with Crippen molar-refractivity contribution in [1.82, 2.24) is 9.97 Å². The van der Waals surface area contributed by atoms with Gasteiger partial charge in [-0.05, 0) is 48.0 Å². The fourth-order valence-corrected chi connectivity index (χ4v) is 2.24. The summed E-state index contributed by atoms with van der Waals surface area (Å²) in [6, 6.07) is 16.4. The maximum absolute atomic E-state index is 4.22. The van der Waals surface area contributed by atoms with E-state index in [-0.39, 0.29) is 0 Å². The fourth-order valence-electron chi connectivity index (χ4n) is 2.24. The second-order valence-electron chi connectivity index (χ2n) is 5.78. The summed E-state index contributed by atoms with van der Waals surface area (Å²) < 4.78 is 0. The summed E-state index contributed by atoms with van der Waals surface area (Å²) in [6.45, 7) is 0. The summed E-state index contributed by atoms with van der Waals surface area (Å²) in [7, 11) is 4.06. The first-order valence-corrected chi connectivity index (χ1v) is 8.04. The third-order valence-corrected chi connectivity index (χ3v) is 3.68. The van der Waals surface area contributed by atoms with E-state index >= 15 is 0 Å². The van der Waals surface area contributed by atoms with Crippen molar-refractivity contribution < 1.29 is 0 Å². The van der Waals surface area contributed by atoms with E-state index in [4.69, 9.17) is 0 Å². The van der Waals surface area contributed by atoms with Crippen molar-refractivity contribution in [2.24, 2.45) is 0 Å². The van der Waals surface area contributed by atoms with Crippen LogP contribution in [-0.4, -0.2) is 24.1 Å². The number of aromatic nitrogens is 2. The molecule has 0 radical (unpaired) electrons. The molecule has 2 aromatic carbocycles. The van der Waals surface area contributed by atoms with Crippen molar-refractivity contribution in [2.75, 3.05) is 19.0 Å². The van der Waals surface area contributed by atoms with Crippen molar-refractivity contribution in [3.05, 3.63) is 89.5 Å². The van der Waals surface area contributed by atoms with E-state index in [9.17, 15) is 0 Å². The topological polar surface area (TPSA) is 29.0 Å². The molecule has 0 aliphatic heterocycles. The molecule has 3 heteroatoms. The first kappa shape index (κ1) is 16.5. The molecule has 0 aliphatic rings. The number of hydrogen-bond donors (Lipinski definition) is 0. The molecule has 3 aromatic rings.